The second kappa shape index (κ2) is 7.33. The van der Waals surface area contributed by atoms with E-state index in [0.29, 0.717) is 13.0 Å². The number of likely N-dealkylation sites (tertiary alicyclic amines) is 1. The van der Waals surface area contributed by atoms with E-state index in [-0.39, 0.29) is 18.1 Å². The summed E-state index contributed by atoms with van der Waals surface area (Å²) in [6, 6.07) is 14.6. The number of nitrogens with zero attached hydrogens (tertiary/aromatic N) is 3. The van der Waals surface area contributed by atoms with Crippen molar-refractivity contribution in [1.82, 2.24) is 14.8 Å². The topological polar surface area (TPSA) is 45.7 Å². The average molecular weight is 337 g/mol. The van der Waals surface area contributed by atoms with Gasteiger partial charge in [-0.15, -0.1) is 0 Å². The molecule has 0 saturated carbocycles. The Labute approximate surface area is 148 Å². The van der Waals surface area contributed by atoms with Crippen LogP contribution in [-0.2, 0) is 22.5 Å². The standard InChI is InChI=1S/C20H23N3O2/c24-20(11-17-7-4-8-21-12-17)23-14-18-19(15-23)25-10-9-22(18)13-16-5-2-1-3-6-16/h1-8,12,18-19H,9-11,13-15H2/t18-,19-/m1/s1. The fourth-order valence-corrected chi connectivity index (χ4v) is 3.77. The number of rotatable bonds is 4. The summed E-state index contributed by atoms with van der Waals surface area (Å²) in [6.07, 6.45) is 4.02. The quantitative estimate of drug-likeness (QED) is 0.852. The first-order chi connectivity index (χ1) is 12.3. The summed E-state index contributed by atoms with van der Waals surface area (Å²) in [4.78, 5) is 21.1. The van der Waals surface area contributed by atoms with Crippen LogP contribution in [0.2, 0.25) is 0 Å². The highest BCUT2D eigenvalue weighted by atomic mass is 16.5. The molecule has 3 heterocycles. The first-order valence-corrected chi connectivity index (χ1v) is 8.86. The van der Waals surface area contributed by atoms with Crippen LogP contribution < -0.4 is 0 Å². The number of carbonyl (C=O) groups is 1. The Morgan fingerprint density at radius 1 is 1.12 bits per heavy atom. The molecule has 5 heteroatoms. The molecule has 4 rings (SSSR count). The van der Waals surface area contributed by atoms with Crippen LogP contribution in [0, 0.1) is 0 Å². The van der Waals surface area contributed by atoms with Crippen molar-refractivity contribution in [2.45, 2.75) is 25.1 Å². The van der Waals surface area contributed by atoms with Gasteiger partial charge in [0, 0.05) is 38.6 Å². The number of morpholine rings is 1. The zero-order valence-electron chi connectivity index (χ0n) is 14.3. The minimum atomic E-state index is 0.121. The highest BCUT2D eigenvalue weighted by molar-refractivity contribution is 5.79. The molecule has 2 fully saturated rings. The van der Waals surface area contributed by atoms with Gasteiger partial charge in [-0.2, -0.15) is 0 Å². The molecule has 0 unspecified atom stereocenters. The van der Waals surface area contributed by atoms with E-state index in [0.717, 1.165) is 31.8 Å². The molecule has 0 aliphatic carbocycles. The second-order valence-corrected chi connectivity index (χ2v) is 6.77. The average Bonchev–Trinajstić information content (AvgIpc) is 3.09. The number of benzene rings is 1. The number of amides is 1. The smallest absolute Gasteiger partial charge is 0.227 e. The fourth-order valence-electron chi connectivity index (χ4n) is 3.77. The number of ether oxygens (including phenoxy) is 1. The van der Waals surface area contributed by atoms with Crippen LogP contribution >= 0.6 is 0 Å². The molecule has 2 aliphatic heterocycles. The van der Waals surface area contributed by atoms with Crippen molar-refractivity contribution < 1.29 is 9.53 Å². The Balaban J connectivity index is 1.41. The Kier molecular flexibility index (Phi) is 4.76. The van der Waals surface area contributed by atoms with Crippen LogP contribution in [0.5, 0.6) is 0 Å². The molecule has 2 atom stereocenters. The third kappa shape index (κ3) is 3.72. The molecule has 2 aromatic rings. The van der Waals surface area contributed by atoms with Crippen molar-refractivity contribution in [3.8, 4) is 0 Å². The van der Waals surface area contributed by atoms with E-state index < -0.39 is 0 Å². The number of pyridine rings is 1. The number of carbonyl (C=O) groups excluding carboxylic acids is 1. The Morgan fingerprint density at radius 3 is 2.76 bits per heavy atom. The van der Waals surface area contributed by atoms with E-state index in [1.165, 1.54) is 5.56 Å². The highest BCUT2D eigenvalue weighted by Crippen LogP contribution is 2.25. The van der Waals surface area contributed by atoms with Gasteiger partial charge in [-0.3, -0.25) is 14.7 Å². The van der Waals surface area contributed by atoms with Crippen LogP contribution in [0.15, 0.2) is 54.9 Å². The summed E-state index contributed by atoms with van der Waals surface area (Å²) in [5.74, 6) is 0.158. The summed E-state index contributed by atoms with van der Waals surface area (Å²) >= 11 is 0. The van der Waals surface area contributed by atoms with Crippen molar-refractivity contribution in [2.24, 2.45) is 0 Å². The molecule has 0 N–H and O–H groups in total. The van der Waals surface area contributed by atoms with E-state index in [9.17, 15) is 4.79 Å². The van der Waals surface area contributed by atoms with Gasteiger partial charge in [0.05, 0.1) is 25.2 Å². The molecular formula is C20H23N3O2. The van der Waals surface area contributed by atoms with Crippen molar-refractivity contribution in [1.29, 1.82) is 0 Å². The Bertz CT molecular complexity index is 707. The van der Waals surface area contributed by atoms with Gasteiger partial charge < -0.3 is 9.64 Å². The van der Waals surface area contributed by atoms with Crippen LogP contribution in [0.4, 0.5) is 0 Å². The number of hydrogen-bond donors (Lipinski definition) is 0. The van der Waals surface area contributed by atoms with Gasteiger partial charge in [-0.05, 0) is 17.2 Å². The summed E-state index contributed by atoms with van der Waals surface area (Å²) < 4.78 is 5.95. The van der Waals surface area contributed by atoms with Gasteiger partial charge in [-0.25, -0.2) is 0 Å². The third-order valence-corrected chi connectivity index (χ3v) is 5.08. The lowest BCUT2D eigenvalue weighted by atomic mass is 10.1. The Hall–Kier alpha value is -2.24. The predicted octanol–water partition coefficient (Wildman–Crippen LogP) is 1.74. The molecule has 2 aliphatic rings. The molecule has 2 saturated heterocycles. The van der Waals surface area contributed by atoms with Gasteiger partial charge in [0.25, 0.3) is 0 Å². The number of fused-ring (bicyclic) bond motifs is 1. The van der Waals surface area contributed by atoms with Gasteiger partial charge in [0.2, 0.25) is 5.91 Å². The zero-order valence-corrected chi connectivity index (χ0v) is 14.3. The summed E-state index contributed by atoms with van der Waals surface area (Å²) in [7, 11) is 0. The molecule has 1 aromatic carbocycles. The molecule has 5 nitrogen and oxygen atoms in total. The monoisotopic (exact) mass is 337 g/mol. The maximum atomic E-state index is 12.6. The summed E-state index contributed by atoms with van der Waals surface area (Å²) in [5.41, 5.74) is 2.27. The third-order valence-electron chi connectivity index (χ3n) is 5.08. The zero-order chi connectivity index (χ0) is 17.1. The minimum absolute atomic E-state index is 0.121. The van der Waals surface area contributed by atoms with E-state index in [2.05, 4.69) is 34.1 Å². The first kappa shape index (κ1) is 16.2. The molecule has 0 bridgehead atoms. The number of hydrogen-bond acceptors (Lipinski definition) is 4. The summed E-state index contributed by atoms with van der Waals surface area (Å²) in [5, 5.41) is 0. The van der Waals surface area contributed by atoms with E-state index >= 15 is 0 Å². The molecule has 0 spiro atoms. The molecule has 1 amide bonds. The molecule has 1 aromatic heterocycles. The van der Waals surface area contributed by atoms with Crippen LogP contribution in [0.1, 0.15) is 11.1 Å². The minimum Gasteiger partial charge on any atom is -0.373 e. The van der Waals surface area contributed by atoms with Crippen LogP contribution in [-0.4, -0.2) is 59.1 Å². The lowest BCUT2D eigenvalue weighted by Crippen LogP contribution is -2.50. The molecule has 130 valence electrons. The largest absolute Gasteiger partial charge is 0.373 e. The number of aromatic nitrogens is 1. The van der Waals surface area contributed by atoms with E-state index in [1.54, 1.807) is 12.4 Å². The molecule has 25 heavy (non-hydrogen) atoms. The lowest BCUT2D eigenvalue weighted by molar-refractivity contribution is -0.129. The van der Waals surface area contributed by atoms with Gasteiger partial charge in [-0.1, -0.05) is 36.4 Å². The second-order valence-electron chi connectivity index (χ2n) is 6.77. The van der Waals surface area contributed by atoms with Crippen LogP contribution in [0.3, 0.4) is 0 Å². The molecule has 0 radical (unpaired) electrons. The maximum absolute atomic E-state index is 12.6. The van der Waals surface area contributed by atoms with E-state index in [4.69, 9.17) is 4.74 Å². The fraction of sp³-hybridized carbons (Fsp3) is 0.400. The first-order valence-electron chi connectivity index (χ1n) is 8.86. The lowest BCUT2D eigenvalue weighted by Gasteiger charge is -2.36. The van der Waals surface area contributed by atoms with E-state index in [1.807, 2.05) is 23.1 Å². The van der Waals surface area contributed by atoms with Crippen molar-refractivity contribution in [3.63, 3.8) is 0 Å². The predicted molar refractivity (Wildman–Crippen MR) is 94.9 cm³/mol. The summed E-state index contributed by atoms with van der Waals surface area (Å²) in [6.45, 7) is 4.00. The van der Waals surface area contributed by atoms with Crippen molar-refractivity contribution >= 4 is 5.91 Å². The van der Waals surface area contributed by atoms with Crippen molar-refractivity contribution in [3.05, 3.63) is 66.0 Å². The SMILES string of the molecule is O=C(Cc1cccnc1)N1C[C@@H]2[C@@H](C1)OCCN2Cc1ccccc1. The van der Waals surface area contributed by atoms with Gasteiger partial charge >= 0.3 is 0 Å². The van der Waals surface area contributed by atoms with Crippen molar-refractivity contribution in [2.75, 3.05) is 26.2 Å². The normalized spacial score (nSPS) is 23.4. The van der Waals surface area contributed by atoms with Gasteiger partial charge in [0.15, 0.2) is 0 Å². The van der Waals surface area contributed by atoms with Crippen LogP contribution in [0.25, 0.3) is 0 Å². The molecular weight excluding hydrogens is 314 g/mol. The maximum Gasteiger partial charge on any atom is 0.227 e. The van der Waals surface area contributed by atoms with Gasteiger partial charge in [0.1, 0.15) is 0 Å². The highest BCUT2D eigenvalue weighted by Gasteiger charge is 2.41. The Morgan fingerprint density at radius 2 is 1.96 bits per heavy atom.